The fraction of sp³-hybridized carbons (Fsp3) is 0.267. The van der Waals surface area contributed by atoms with Gasteiger partial charge in [-0.15, -0.1) is 13.2 Å². The Morgan fingerprint density at radius 2 is 2.00 bits per heavy atom. The summed E-state index contributed by atoms with van der Waals surface area (Å²) in [6.45, 7) is 0.708. The summed E-state index contributed by atoms with van der Waals surface area (Å²) in [5.41, 5.74) is 6.69. The van der Waals surface area contributed by atoms with Gasteiger partial charge < -0.3 is 15.2 Å². The summed E-state index contributed by atoms with van der Waals surface area (Å²) in [7, 11) is 0. The van der Waals surface area contributed by atoms with E-state index in [-0.39, 0.29) is 6.04 Å². The van der Waals surface area contributed by atoms with Crippen LogP contribution in [0.25, 0.3) is 0 Å². The number of nitrogens with zero attached hydrogens (tertiary/aromatic N) is 1. The maximum absolute atomic E-state index is 12.3. The highest BCUT2D eigenvalue weighted by Gasteiger charge is 2.31. The molecule has 2 N–H and O–H groups in total. The first-order valence-corrected chi connectivity index (χ1v) is 6.70. The molecule has 1 atom stereocenters. The summed E-state index contributed by atoms with van der Waals surface area (Å²) < 4.78 is 55.7. The number of hydrogen-bond acceptors (Lipinski definition) is 4. The lowest BCUT2D eigenvalue weighted by atomic mass is 10.1. The van der Waals surface area contributed by atoms with Crippen LogP contribution >= 0.6 is 0 Å². The third-order valence-corrected chi connectivity index (χ3v) is 2.87. The molecule has 1 aromatic carbocycles. The van der Waals surface area contributed by atoms with E-state index in [2.05, 4.69) is 9.72 Å². The molecule has 0 radical (unpaired) electrons. The van der Waals surface area contributed by atoms with Gasteiger partial charge >= 0.3 is 6.36 Å². The summed E-state index contributed by atoms with van der Waals surface area (Å²) in [4.78, 5) is 4.15. The van der Waals surface area contributed by atoms with E-state index in [1.165, 1.54) is 0 Å². The van der Waals surface area contributed by atoms with Crippen molar-refractivity contribution >= 4 is 0 Å². The number of alkyl halides is 3. The van der Waals surface area contributed by atoms with Gasteiger partial charge in [-0.2, -0.15) is 0 Å². The van der Waals surface area contributed by atoms with Gasteiger partial charge in [0.1, 0.15) is 17.3 Å². The first kappa shape index (κ1) is 17.0. The average Bonchev–Trinajstić information content (AvgIpc) is 2.47. The molecule has 0 saturated carbocycles. The molecule has 8 heteroatoms. The van der Waals surface area contributed by atoms with Crippen LogP contribution in [0.1, 0.15) is 18.2 Å². The summed E-state index contributed by atoms with van der Waals surface area (Å²) in [5, 5.41) is 0. The number of halogens is 4. The van der Waals surface area contributed by atoms with E-state index in [0.29, 0.717) is 12.7 Å². The van der Waals surface area contributed by atoms with Crippen molar-refractivity contribution in [1.82, 2.24) is 4.98 Å². The Morgan fingerprint density at radius 3 is 2.65 bits per heavy atom. The van der Waals surface area contributed by atoms with Crippen molar-refractivity contribution in [2.45, 2.75) is 18.8 Å². The fourth-order valence-electron chi connectivity index (χ4n) is 1.90. The third-order valence-electron chi connectivity index (χ3n) is 2.87. The summed E-state index contributed by atoms with van der Waals surface area (Å²) >= 11 is 0. The molecule has 0 spiro atoms. The van der Waals surface area contributed by atoms with Crippen LogP contribution in [0.4, 0.5) is 17.6 Å². The molecular weight excluding hydrogens is 316 g/mol. The Balaban J connectivity index is 0.000000167. The predicted molar refractivity (Wildman–Crippen MR) is 74.4 cm³/mol. The number of rotatable bonds is 1. The summed E-state index contributed by atoms with van der Waals surface area (Å²) in [5.74, 6) is -0.481. The molecule has 0 bridgehead atoms. The fourth-order valence-corrected chi connectivity index (χ4v) is 1.90. The largest absolute Gasteiger partial charge is 0.573 e. The van der Waals surface area contributed by atoms with Crippen LogP contribution in [0.5, 0.6) is 11.5 Å². The molecule has 1 unspecified atom stereocenters. The molecule has 0 fully saturated rings. The predicted octanol–water partition coefficient (Wildman–Crippen LogP) is 3.59. The Bertz CT molecular complexity index is 649. The van der Waals surface area contributed by atoms with E-state index in [1.54, 1.807) is 6.20 Å². The smallest absolute Gasteiger partial charge is 0.492 e. The highest BCUT2D eigenvalue weighted by Crippen LogP contribution is 2.27. The zero-order valence-corrected chi connectivity index (χ0v) is 11.9. The molecule has 3 rings (SSSR count). The molecule has 1 aromatic heterocycles. The number of hydrogen-bond donors (Lipinski definition) is 1. The van der Waals surface area contributed by atoms with Gasteiger partial charge in [-0.05, 0) is 24.3 Å². The van der Waals surface area contributed by atoms with Gasteiger partial charge in [-0.3, -0.25) is 4.98 Å². The van der Waals surface area contributed by atoms with Crippen LogP contribution in [-0.2, 0) is 0 Å². The minimum atomic E-state index is -4.77. The highest BCUT2D eigenvalue weighted by atomic mass is 19.4. The van der Waals surface area contributed by atoms with Gasteiger partial charge in [-0.1, -0.05) is 6.07 Å². The number of pyridine rings is 1. The summed E-state index contributed by atoms with van der Waals surface area (Å²) in [6.07, 6.45) is -2.16. The second kappa shape index (κ2) is 7.28. The third kappa shape index (κ3) is 5.41. The quantitative estimate of drug-likeness (QED) is 0.812. The first-order valence-electron chi connectivity index (χ1n) is 6.70. The lowest BCUT2D eigenvalue weighted by Gasteiger charge is -2.20. The Morgan fingerprint density at radius 1 is 1.22 bits per heavy atom. The van der Waals surface area contributed by atoms with Crippen LogP contribution < -0.4 is 15.2 Å². The lowest BCUT2D eigenvalue weighted by Crippen LogP contribution is -2.21. The van der Waals surface area contributed by atoms with Crippen molar-refractivity contribution in [3.63, 3.8) is 0 Å². The van der Waals surface area contributed by atoms with E-state index < -0.39 is 17.9 Å². The minimum absolute atomic E-state index is 0.0555. The van der Waals surface area contributed by atoms with Crippen LogP contribution in [0.2, 0.25) is 0 Å². The molecule has 23 heavy (non-hydrogen) atoms. The van der Waals surface area contributed by atoms with Gasteiger partial charge in [0.05, 0.1) is 18.3 Å². The molecule has 2 aromatic rings. The Kier molecular flexibility index (Phi) is 5.38. The normalized spacial score (nSPS) is 16.5. The van der Waals surface area contributed by atoms with Gasteiger partial charge in [0.2, 0.25) is 0 Å². The van der Waals surface area contributed by atoms with Crippen LogP contribution in [0, 0.1) is 5.82 Å². The molecule has 0 aliphatic carbocycles. The number of ether oxygens (including phenoxy) is 2. The summed E-state index contributed by atoms with van der Waals surface area (Å²) in [6, 6.07) is 7.67. The maximum atomic E-state index is 12.3. The molecule has 1 aliphatic heterocycles. The maximum Gasteiger partial charge on any atom is 0.573 e. The second-order valence-corrected chi connectivity index (χ2v) is 4.64. The number of fused-ring (bicyclic) bond motifs is 1. The van der Waals surface area contributed by atoms with E-state index in [9.17, 15) is 17.6 Å². The first-order chi connectivity index (χ1) is 10.8. The van der Waals surface area contributed by atoms with Crippen molar-refractivity contribution in [3.05, 3.63) is 54.1 Å². The van der Waals surface area contributed by atoms with Gasteiger partial charge in [0.25, 0.3) is 0 Å². The lowest BCUT2D eigenvalue weighted by molar-refractivity contribution is -0.274. The van der Waals surface area contributed by atoms with Crippen LogP contribution in [0.15, 0.2) is 42.6 Å². The number of nitrogens with two attached hydrogens (primary N) is 1. The van der Waals surface area contributed by atoms with Gasteiger partial charge in [0, 0.05) is 18.7 Å². The van der Waals surface area contributed by atoms with Crippen molar-refractivity contribution in [3.8, 4) is 11.5 Å². The Hall–Kier alpha value is -2.35. The zero-order valence-electron chi connectivity index (χ0n) is 11.9. The highest BCUT2D eigenvalue weighted by molar-refractivity contribution is 5.30. The van der Waals surface area contributed by atoms with Crippen molar-refractivity contribution in [1.29, 1.82) is 0 Å². The standard InChI is InChI=1S/C8H10N2O.C7H4F4O/c9-6-3-5-11-7-2-1-4-10-8(6)7;8-5-2-1-3-6(4-5)12-7(9,10)11/h1-2,4,6H,3,5,9H2;1-4H. The van der Waals surface area contributed by atoms with E-state index in [4.69, 9.17) is 10.5 Å². The van der Waals surface area contributed by atoms with E-state index in [1.807, 2.05) is 12.1 Å². The van der Waals surface area contributed by atoms with Crippen LogP contribution in [0.3, 0.4) is 0 Å². The van der Waals surface area contributed by atoms with Gasteiger partial charge in [-0.25, -0.2) is 4.39 Å². The van der Waals surface area contributed by atoms with Crippen molar-refractivity contribution < 1.29 is 27.0 Å². The molecule has 0 saturated heterocycles. The molecular formula is C15H14F4N2O2. The van der Waals surface area contributed by atoms with Crippen LogP contribution in [-0.4, -0.2) is 18.0 Å². The van der Waals surface area contributed by atoms with E-state index >= 15 is 0 Å². The molecule has 124 valence electrons. The number of benzene rings is 1. The number of aromatic nitrogens is 1. The van der Waals surface area contributed by atoms with E-state index in [0.717, 1.165) is 36.1 Å². The van der Waals surface area contributed by atoms with Gasteiger partial charge in [0.15, 0.2) is 0 Å². The molecule has 0 amide bonds. The van der Waals surface area contributed by atoms with Crippen molar-refractivity contribution in [2.24, 2.45) is 5.73 Å². The second-order valence-electron chi connectivity index (χ2n) is 4.64. The zero-order chi connectivity index (χ0) is 16.9. The SMILES string of the molecule is Fc1cccc(OC(F)(F)F)c1.NC1CCOc2cccnc21. The topological polar surface area (TPSA) is 57.4 Å². The molecule has 1 aliphatic rings. The monoisotopic (exact) mass is 330 g/mol. The van der Waals surface area contributed by atoms with Crippen molar-refractivity contribution in [2.75, 3.05) is 6.61 Å². The molecule has 2 heterocycles. The average molecular weight is 330 g/mol. The minimum Gasteiger partial charge on any atom is -0.492 e. The molecule has 4 nitrogen and oxygen atoms in total. The Labute approximate surface area is 129 Å².